The van der Waals surface area contributed by atoms with Crippen LogP contribution in [-0.4, -0.2) is 29.1 Å². The molecular formula is C15H26N2S2. The standard InChI is InChI=1S/C15H26N2S2/c1-4-16-14(9-13-5-7-18-8-6-13)10-15-17-11(2)12(3)19-15/h13-14,16H,4-10H2,1-3H3. The van der Waals surface area contributed by atoms with Crippen LogP contribution < -0.4 is 5.32 Å². The van der Waals surface area contributed by atoms with E-state index in [1.165, 1.54) is 46.3 Å². The van der Waals surface area contributed by atoms with Crippen LogP contribution in [0.2, 0.25) is 0 Å². The van der Waals surface area contributed by atoms with Crippen molar-refractivity contribution in [3.05, 3.63) is 15.6 Å². The maximum absolute atomic E-state index is 4.70. The number of hydrogen-bond donors (Lipinski definition) is 1. The topological polar surface area (TPSA) is 24.9 Å². The van der Waals surface area contributed by atoms with Crippen molar-refractivity contribution in [3.8, 4) is 0 Å². The highest BCUT2D eigenvalue weighted by molar-refractivity contribution is 7.99. The number of likely N-dealkylation sites (N-methyl/N-ethyl adjacent to an activating group) is 1. The molecule has 1 atom stereocenters. The summed E-state index contributed by atoms with van der Waals surface area (Å²) in [5.41, 5.74) is 1.21. The van der Waals surface area contributed by atoms with Gasteiger partial charge in [0.2, 0.25) is 0 Å². The number of aromatic nitrogens is 1. The predicted octanol–water partition coefficient (Wildman–Crippen LogP) is 3.81. The third-order valence-corrected chi connectivity index (χ3v) is 6.09. The summed E-state index contributed by atoms with van der Waals surface area (Å²) in [6.07, 6.45) is 5.24. The van der Waals surface area contributed by atoms with Crippen LogP contribution in [0.5, 0.6) is 0 Å². The van der Waals surface area contributed by atoms with Crippen LogP contribution in [0.15, 0.2) is 0 Å². The minimum absolute atomic E-state index is 0.614. The molecular weight excluding hydrogens is 272 g/mol. The molecule has 1 saturated heterocycles. The lowest BCUT2D eigenvalue weighted by Crippen LogP contribution is -2.33. The zero-order valence-electron chi connectivity index (χ0n) is 12.4. The van der Waals surface area contributed by atoms with Gasteiger partial charge in [-0.2, -0.15) is 11.8 Å². The van der Waals surface area contributed by atoms with Crippen LogP contribution in [0.1, 0.15) is 41.8 Å². The molecule has 1 aromatic heterocycles. The summed E-state index contributed by atoms with van der Waals surface area (Å²) < 4.78 is 0. The molecule has 4 heteroatoms. The fourth-order valence-corrected chi connectivity index (χ4v) is 4.97. The highest BCUT2D eigenvalue weighted by Crippen LogP contribution is 2.27. The Bertz CT molecular complexity index is 364. The monoisotopic (exact) mass is 298 g/mol. The third kappa shape index (κ3) is 4.76. The Hall–Kier alpha value is -0.0600. The molecule has 1 fully saturated rings. The molecule has 1 N–H and O–H groups in total. The lowest BCUT2D eigenvalue weighted by molar-refractivity contribution is 0.366. The average molecular weight is 299 g/mol. The second-order valence-corrected chi connectivity index (χ2v) is 8.01. The molecule has 0 aromatic carbocycles. The van der Waals surface area contributed by atoms with E-state index in [0.29, 0.717) is 6.04 Å². The van der Waals surface area contributed by atoms with Gasteiger partial charge in [0.15, 0.2) is 0 Å². The van der Waals surface area contributed by atoms with Crippen molar-refractivity contribution in [1.29, 1.82) is 0 Å². The summed E-state index contributed by atoms with van der Waals surface area (Å²) in [6, 6.07) is 0.614. The second-order valence-electron chi connectivity index (χ2n) is 5.50. The van der Waals surface area contributed by atoms with Crippen molar-refractivity contribution in [2.75, 3.05) is 18.1 Å². The van der Waals surface area contributed by atoms with E-state index in [4.69, 9.17) is 4.98 Å². The summed E-state index contributed by atoms with van der Waals surface area (Å²) in [4.78, 5) is 6.07. The molecule has 2 nitrogen and oxygen atoms in total. The van der Waals surface area contributed by atoms with E-state index in [0.717, 1.165) is 18.9 Å². The lowest BCUT2D eigenvalue weighted by atomic mass is 9.93. The summed E-state index contributed by atoms with van der Waals surface area (Å²) in [5.74, 6) is 3.64. The molecule has 1 unspecified atom stereocenters. The normalized spacial score (nSPS) is 18.7. The number of rotatable bonds is 6. The van der Waals surface area contributed by atoms with E-state index in [9.17, 15) is 0 Å². The van der Waals surface area contributed by atoms with Crippen molar-refractivity contribution in [3.63, 3.8) is 0 Å². The molecule has 1 aliphatic heterocycles. The van der Waals surface area contributed by atoms with Gasteiger partial charge in [-0.1, -0.05) is 6.92 Å². The van der Waals surface area contributed by atoms with Crippen LogP contribution in [0.3, 0.4) is 0 Å². The largest absolute Gasteiger partial charge is 0.314 e. The quantitative estimate of drug-likeness (QED) is 0.864. The second kappa shape index (κ2) is 7.65. The highest BCUT2D eigenvalue weighted by Gasteiger charge is 2.20. The van der Waals surface area contributed by atoms with Crippen LogP contribution in [0, 0.1) is 19.8 Å². The van der Waals surface area contributed by atoms with E-state index < -0.39 is 0 Å². The smallest absolute Gasteiger partial charge is 0.0946 e. The molecule has 0 aliphatic carbocycles. The van der Waals surface area contributed by atoms with Crippen molar-refractivity contribution < 1.29 is 0 Å². The SMILES string of the molecule is CCNC(Cc1nc(C)c(C)s1)CC1CCSCC1. The molecule has 0 radical (unpaired) electrons. The first kappa shape index (κ1) is 15.3. The van der Waals surface area contributed by atoms with Gasteiger partial charge in [-0.3, -0.25) is 0 Å². The van der Waals surface area contributed by atoms with Gasteiger partial charge >= 0.3 is 0 Å². The molecule has 0 amide bonds. The van der Waals surface area contributed by atoms with E-state index in [-0.39, 0.29) is 0 Å². The first-order valence-corrected chi connectivity index (χ1v) is 9.40. The van der Waals surface area contributed by atoms with Gasteiger partial charge in [-0.25, -0.2) is 4.98 Å². The van der Waals surface area contributed by atoms with Crippen LogP contribution >= 0.6 is 23.1 Å². The van der Waals surface area contributed by atoms with E-state index in [1.54, 1.807) is 0 Å². The Balaban J connectivity index is 1.91. The molecule has 0 spiro atoms. The Morgan fingerprint density at radius 1 is 1.32 bits per heavy atom. The van der Waals surface area contributed by atoms with Gasteiger partial charge in [0.05, 0.1) is 10.7 Å². The Labute approximate surface area is 125 Å². The molecule has 1 aliphatic rings. The van der Waals surface area contributed by atoms with Gasteiger partial charge in [0.1, 0.15) is 0 Å². The Morgan fingerprint density at radius 2 is 2.05 bits per heavy atom. The van der Waals surface area contributed by atoms with Crippen LogP contribution in [0.4, 0.5) is 0 Å². The first-order chi connectivity index (χ1) is 9.19. The zero-order chi connectivity index (χ0) is 13.7. The average Bonchev–Trinajstić information content (AvgIpc) is 2.70. The number of nitrogens with zero attached hydrogens (tertiary/aromatic N) is 1. The van der Waals surface area contributed by atoms with Crippen molar-refractivity contribution in [1.82, 2.24) is 10.3 Å². The summed E-state index contributed by atoms with van der Waals surface area (Å²) in [6.45, 7) is 7.57. The summed E-state index contributed by atoms with van der Waals surface area (Å²) in [7, 11) is 0. The minimum Gasteiger partial charge on any atom is -0.314 e. The van der Waals surface area contributed by atoms with Gasteiger partial charge in [-0.15, -0.1) is 11.3 Å². The molecule has 2 rings (SSSR count). The molecule has 108 valence electrons. The third-order valence-electron chi connectivity index (χ3n) is 3.95. The Morgan fingerprint density at radius 3 is 2.63 bits per heavy atom. The van der Waals surface area contributed by atoms with Crippen LogP contribution in [0.25, 0.3) is 0 Å². The molecule has 0 saturated carbocycles. The van der Waals surface area contributed by atoms with E-state index in [1.807, 2.05) is 11.3 Å². The minimum atomic E-state index is 0.614. The molecule has 2 heterocycles. The number of nitrogens with one attached hydrogen (secondary N) is 1. The summed E-state index contributed by atoms with van der Waals surface area (Å²) >= 11 is 3.99. The van der Waals surface area contributed by atoms with Gasteiger partial charge in [0, 0.05) is 17.3 Å². The fourth-order valence-electron chi connectivity index (χ4n) is 2.75. The van der Waals surface area contributed by atoms with Crippen molar-refractivity contribution >= 4 is 23.1 Å². The number of hydrogen-bond acceptors (Lipinski definition) is 4. The van der Waals surface area contributed by atoms with Crippen LogP contribution in [-0.2, 0) is 6.42 Å². The van der Waals surface area contributed by atoms with Gasteiger partial charge in [-0.05, 0) is 57.1 Å². The lowest BCUT2D eigenvalue weighted by Gasteiger charge is -2.26. The zero-order valence-corrected chi connectivity index (χ0v) is 14.0. The van der Waals surface area contributed by atoms with Crippen molar-refractivity contribution in [2.24, 2.45) is 5.92 Å². The maximum Gasteiger partial charge on any atom is 0.0946 e. The van der Waals surface area contributed by atoms with E-state index in [2.05, 4.69) is 37.8 Å². The van der Waals surface area contributed by atoms with Gasteiger partial charge in [0.25, 0.3) is 0 Å². The van der Waals surface area contributed by atoms with Crippen molar-refractivity contribution in [2.45, 2.75) is 52.5 Å². The first-order valence-electron chi connectivity index (χ1n) is 7.43. The number of aryl methyl sites for hydroxylation is 2. The fraction of sp³-hybridized carbons (Fsp3) is 0.800. The molecule has 19 heavy (non-hydrogen) atoms. The predicted molar refractivity (Wildman–Crippen MR) is 87.4 cm³/mol. The highest BCUT2D eigenvalue weighted by atomic mass is 32.2. The molecule has 0 bridgehead atoms. The van der Waals surface area contributed by atoms with Gasteiger partial charge < -0.3 is 5.32 Å². The van der Waals surface area contributed by atoms with E-state index >= 15 is 0 Å². The summed E-state index contributed by atoms with van der Waals surface area (Å²) in [5, 5.41) is 4.98. The number of thiazole rings is 1. The Kier molecular flexibility index (Phi) is 6.17. The maximum atomic E-state index is 4.70. The number of thioether (sulfide) groups is 1. The molecule has 1 aromatic rings.